The summed E-state index contributed by atoms with van der Waals surface area (Å²) in [6, 6.07) is 10.5. The van der Waals surface area contributed by atoms with Crippen molar-refractivity contribution in [1.82, 2.24) is 9.97 Å². The van der Waals surface area contributed by atoms with Crippen molar-refractivity contribution < 1.29 is 25.3 Å². The van der Waals surface area contributed by atoms with Crippen LogP contribution in [0.25, 0.3) is 0 Å². The summed E-state index contributed by atoms with van der Waals surface area (Å²) in [5.74, 6) is 0. The van der Waals surface area contributed by atoms with Crippen molar-refractivity contribution >= 4 is 78.4 Å². The number of benzene rings is 2. The molecule has 0 saturated carbocycles. The van der Waals surface area contributed by atoms with Crippen LogP contribution in [0, 0.1) is 0 Å². The number of nitrogen functional groups attached to an aromatic ring is 1. The van der Waals surface area contributed by atoms with Crippen LogP contribution in [-0.4, -0.2) is 35.2 Å². The molecule has 0 saturated heterocycles. The molecule has 0 aliphatic carbocycles. The number of sulfonamides is 2. The van der Waals surface area contributed by atoms with E-state index >= 15 is 0 Å². The summed E-state index contributed by atoms with van der Waals surface area (Å²) in [6.07, 6.45) is 3.00. The zero-order valence-corrected chi connectivity index (χ0v) is 22.1. The Bertz CT molecular complexity index is 1570. The van der Waals surface area contributed by atoms with Gasteiger partial charge >= 0.3 is 0 Å². The van der Waals surface area contributed by atoms with E-state index in [0.29, 0.717) is 10.8 Å². The maximum absolute atomic E-state index is 11.9. The predicted octanol–water partition coefficient (Wildman–Crippen LogP) is 3.40. The summed E-state index contributed by atoms with van der Waals surface area (Å²) >= 11 is 2.36. The number of anilines is 3. The van der Waals surface area contributed by atoms with Crippen molar-refractivity contribution in [2.45, 2.75) is 14.7 Å². The Morgan fingerprint density at radius 2 is 1.03 bits per heavy atom. The number of halogens is 1. The zero-order valence-electron chi connectivity index (χ0n) is 17.3. The summed E-state index contributed by atoms with van der Waals surface area (Å²) < 4.78 is 74.2. The number of rotatable bonds is 7. The molecule has 186 valence electrons. The molecule has 4 rings (SSSR count). The van der Waals surface area contributed by atoms with Crippen LogP contribution in [0.5, 0.6) is 0 Å². The summed E-state index contributed by atoms with van der Waals surface area (Å²) in [5.41, 5.74) is 6.00. The number of aromatic nitrogens is 2. The van der Waals surface area contributed by atoms with Gasteiger partial charge in [0.2, 0.25) is 0 Å². The van der Waals surface area contributed by atoms with Crippen LogP contribution >= 0.6 is 33.4 Å². The number of hydrogen-bond donors (Lipinski definition) is 3. The Kier molecular flexibility index (Phi) is 8.34. The van der Waals surface area contributed by atoms with Gasteiger partial charge in [0.15, 0.2) is 10.3 Å². The second-order valence-corrected chi connectivity index (χ2v) is 14.1. The van der Waals surface area contributed by atoms with E-state index in [4.69, 9.17) is 16.4 Å². The summed E-state index contributed by atoms with van der Waals surface area (Å²) in [6.45, 7) is 0. The maximum atomic E-state index is 11.9. The second kappa shape index (κ2) is 10.9. The normalized spacial score (nSPS) is 11.8. The molecule has 0 spiro atoms. The van der Waals surface area contributed by atoms with Crippen LogP contribution in [0.4, 0.5) is 16.0 Å². The van der Waals surface area contributed by atoms with Gasteiger partial charge in [-0.1, -0.05) is 0 Å². The minimum Gasteiger partial charge on any atom is -0.399 e. The van der Waals surface area contributed by atoms with Crippen LogP contribution in [0.2, 0.25) is 0 Å². The Morgan fingerprint density at radius 1 is 0.657 bits per heavy atom. The summed E-state index contributed by atoms with van der Waals surface area (Å²) in [4.78, 5) is 7.57. The number of nitrogens with one attached hydrogen (secondary N) is 2. The first-order valence-corrected chi connectivity index (χ1v) is 16.2. The molecule has 4 aromatic rings. The molecule has 0 aliphatic rings. The first-order valence-electron chi connectivity index (χ1n) is 9.12. The molecule has 2 aromatic heterocycles. The molecule has 0 atom stereocenters. The quantitative estimate of drug-likeness (QED) is 0.214. The number of nitrogens with two attached hydrogens (primary N) is 1. The number of nitrogens with zero attached hydrogens (tertiary/aromatic N) is 2. The van der Waals surface area contributed by atoms with Gasteiger partial charge in [0, 0.05) is 39.5 Å². The molecule has 0 bridgehead atoms. The van der Waals surface area contributed by atoms with Gasteiger partial charge in [-0.25, -0.2) is 35.2 Å². The molecule has 0 radical (unpaired) electrons. The van der Waals surface area contributed by atoms with Crippen molar-refractivity contribution in [3.05, 3.63) is 71.7 Å². The van der Waals surface area contributed by atoms with Crippen molar-refractivity contribution in [2.24, 2.45) is 0 Å². The van der Waals surface area contributed by atoms with Gasteiger partial charge in [0.05, 0.1) is 14.7 Å². The maximum Gasteiger partial charge on any atom is 0.263 e. The minimum absolute atomic E-state index is 0.0771. The third kappa shape index (κ3) is 7.61. The van der Waals surface area contributed by atoms with E-state index in [2.05, 4.69) is 19.4 Å². The average Bonchev–Trinajstić information content (AvgIpc) is 3.48. The number of thiazole rings is 2. The molecule has 0 aliphatic heterocycles. The largest absolute Gasteiger partial charge is 0.399 e. The van der Waals surface area contributed by atoms with Gasteiger partial charge < -0.3 is 5.73 Å². The summed E-state index contributed by atoms with van der Waals surface area (Å²) in [7, 11) is -6.07. The molecule has 0 fully saturated rings. The molecule has 4 N–H and O–H groups in total. The fourth-order valence-electron chi connectivity index (χ4n) is 2.32. The SMILES string of the molecule is Nc1ccc(S(=O)(=O)Nc2nccs2)cc1.O=S(=O)(Cl)c1ccc(S(=O)(=O)Nc2nccs2)cc1. The van der Waals surface area contributed by atoms with Crippen LogP contribution in [0.3, 0.4) is 0 Å². The number of hydrogen-bond acceptors (Lipinski definition) is 11. The molecule has 2 aromatic carbocycles. The first-order chi connectivity index (χ1) is 16.4. The Hall–Kier alpha value is -2.76. The van der Waals surface area contributed by atoms with Gasteiger partial charge in [-0.2, -0.15) is 0 Å². The lowest BCUT2D eigenvalue weighted by Crippen LogP contribution is -2.12. The van der Waals surface area contributed by atoms with Crippen molar-refractivity contribution in [3.63, 3.8) is 0 Å². The third-order valence-electron chi connectivity index (χ3n) is 3.91. The van der Waals surface area contributed by atoms with E-state index in [9.17, 15) is 25.3 Å². The average molecular weight is 594 g/mol. The third-order valence-corrected chi connectivity index (χ3v) is 9.63. The van der Waals surface area contributed by atoms with E-state index in [1.807, 2.05) is 0 Å². The lowest BCUT2D eigenvalue weighted by atomic mass is 10.3. The van der Waals surface area contributed by atoms with Gasteiger partial charge in [0.25, 0.3) is 29.1 Å². The lowest BCUT2D eigenvalue weighted by molar-refractivity contribution is 0.599. The Morgan fingerprint density at radius 3 is 1.37 bits per heavy atom. The Labute approximate surface area is 214 Å². The highest BCUT2D eigenvalue weighted by Crippen LogP contribution is 2.21. The molecule has 35 heavy (non-hydrogen) atoms. The molecular formula is C18H16ClN5O6S5. The monoisotopic (exact) mass is 593 g/mol. The van der Waals surface area contributed by atoms with Gasteiger partial charge in [-0.3, -0.25) is 9.44 Å². The Balaban J connectivity index is 0.000000198. The van der Waals surface area contributed by atoms with Crippen LogP contribution in [0.1, 0.15) is 0 Å². The topological polar surface area (TPSA) is 178 Å². The van der Waals surface area contributed by atoms with Crippen molar-refractivity contribution in [2.75, 3.05) is 15.2 Å². The van der Waals surface area contributed by atoms with Crippen LogP contribution in [0.15, 0.2) is 86.4 Å². The molecule has 0 unspecified atom stereocenters. The smallest absolute Gasteiger partial charge is 0.263 e. The van der Waals surface area contributed by atoms with E-state index in [-0.39, 0.29) is 19.8 Å². The van der Waals surface area contributed by atoms with E-state index in [0.717, 1.165) is 35.6 Å². The minimum atomic E-state index is -3.87. The lowest BCUT2D eigenvalue weighted by Gasteiger charge is -2.05. The van der Waals surface area contributed by atoms with E-state index < -0.39 is 29.1 Å². The van der Waals surface area contributed by atoms with Gasteiger partial charge in [0.1, 0.15) is 0 Å². The van der Waals surface area contributed by atoms with Gasteiger partial charge in [-0.15, -0.1) is 22.7 Å². The second-order valence-electron chi connectivity index (χ2n) is 6.36. The highest BCUT2D eigenvalue weighted by atomic mass is 35.7. The highest BCUT2D eigenvalue weighted by molar-refractivity contribution is 8.13. The molecular weight excluding hydrogens is 578 g/mol. The molecule has 11 nitrogen and oxygen atoms in total. The highest BCUT2D eigenvalue weighted by Gasteiger charge is 2.17. The van der Waals surface area contributed by atoms with E-state index in [1.54, 1.807) is 10.8 Å². The van der Waals surface area contributed by atoms with Crippen molar-refractivity contribution in [3.8, 4) is 0 Å². The first kappa shape index (κ1) is 26.8. The van der Waals surface area contributed by atoms with Crippen LogP contribution < -0.4 is 15.2 Å². The van der Waals surface area contributed by atoms with Crippen molar-refractivity contribution in [1.29, 1.82) is 0 Å². The zero-order chi connectivity index (χ0) is 25.7. The summed E-state index contributed by atoms with van der Waals surface area (Å²) in [5, 5.41) is 3.90. The molecule has 0 amide bonds. The van der Waals surface area contributed by atoms with E-state index in [1.165, 1.54) is 48.0 Å². The van der Waals surface area contributed by atoms with Gasteiger partial charge in [-0.05, 0) is 48.5 Å². The fourth-order valence-corrected chi connectivity index (χ4v) is 6.67. The fraction of sp³-hybridized carbons (Fsp3) is 0. The molecule has 2 heterocycles. The molecule has 17 heteroatoms. The van der Waals surface area contributed by atoms with Crippen LogP contribution in [-0.2, 0) is 29.1 Å². The predicted molar refractivity (Wildman–Crippen MR) is 136 cm³/mol. The standard InChI is InChI=1S/C9H7ClN2O4S3.C9H9N3O2S2/c10-18(13,14)7-1-3-8(4-2-7)19(15,16)12-9-11-5-6-17-9;10-7-1-3-8(4-2-7)16(13,14)12-9-11-5-6-15-9/h1-6H,(H,11,12);1-6H,10H2,(H,11,12).